The highest BCUT2D eigenvalue weighted by molar-refractivity contribution is 7.90. The zero-order valence-corrected chi connectivity index (χ0v) is 16.6. The highest BCUT2D eigenvalue weighted by Crippen LogP contribution is 2.40. The van der Waals surface area contributed by atoms with Crippen LogP contribution in [0.25, 0.3) is 0 Å². The first kappa shape index (κ1) is 18.9. The average Bonchev–Trinajstić information content (AvgIpc) is 3.11. The Hall–Kier alpha value is -2.49. The maximum atomic E-state index is 11.8. The Kier molecular flexibility index (Phi) is 4.82. The van der Waals surface area contributed by atoms with Crippen molar-refractivity contribution in [3.8, 4) is 0 Å². The van der Waals surface area contributed by atoms with E-state index in [1.807, 2.05) is 4.90 Å². The molecule has 1 unspecified atom stereocenters. The lowest BCUT2D eigenvalue weighted by atomic mass is 9.99. The molecule has 10 heteroatoms. The quantitative estimate of drug-likeness (QED) is 0.568. The monoisotopic (exact) mass is 405 g/mol. The lowest BCUT2D eigenvalue weighted by Crippen LogP contribution is -2.36. The molecule has 2 aromatic rings. The van der Waals surface area contributed by atoms with E-state index < -0.39 is 14.8 Å². The molecule has 3 heterocycles. The third kappa shape index (κ3) is 3.36. The summed E-state index contributed by atoms with van der Waals surface area (Å²) in [7, 11) is -3.52. The number of hydrogen-bond acceptors (Lipinski definition) is 7. The van der Waals surface area contributed by atoms with E-state index in [0.717, 1.165) is 69.0 Å². The van der Waals surface area contributed by atoms with Crippen molar-refractivity contribution < 1.29 is 13.3 Å². The molecule has 28 heavy (non-hydrogen) atoms. The van der Waals surface area contributed by atoms with Crippen molar-refractivity contribution >= 4 is 21.2 Å². The molecule has 4 rings (SSSR count). The van der Waals surface area contributed by atoms with Gasteiger partial charge in [-0.2, -0.15) is 0 Å². The van der Waals surface area contributed by atoms with Crippen LogP contribution in [0.15, 0.2) is 23.1 Å². The Balaban J connectivity index is 1.78. The molecule has 150 valence electrons. The predicted octanol–water partition coefficient (Wildman–Crippen LogP) is 2.66. The van der Waals surface area contributed by atoms with Gasteiger partial charge in [-0.15, -0.1) is 10.2 Å². The second kappa shape index (κ2) is 7.16. The summed E-state index contributed by atoms with van der Waals surface area (Å²) in [5.41, 5.74) is 0.253. The van der Waals surface area contributed by atoms with Crippen LogP contribution in [-0.2, 0) is 22.8 Å². The van der Waals surface area contributed by atoms with Gasteiger partial charge in [0, 0.05) is 31.8 Å². The predicted molar refractivity (Wildman–Crippen MR) is 103 cm³/mol. The number of rotatable bonds is 4. The normalized spacial score (nSPS) is 20.0. The summed E-state index contributed by atoms with van der Waals surface area (Å²) in [5, 5.41) is 20.5. The molecule has 1 fully saturated rings. The van der Waals surface area contributed by atoms with Gasteiger partial charge in [0.15, 0.2) is 15.7 Å². The number of hydrogen-bond donors (Lipinski definition) is 0. The molecule has 1 atom stereocenters. The van der Waals surface area contributed by atoms with Gasteiger partial charge in [-0.25, -0.2) is 8.42 Å². The van der Waals surface area contributed by atoms with Crippen LogP contribution in [0.4, 0.5) is 11.4 Å². The minimum absolute atomic E-state index is 0.0450. The molecule has 9 nitrogen and oxygen atoms in total. The molecule has 2 aliphatic heterocycles. The fourth-order valence-electron chi connectivity index (χ4n) is 4.19. The number of anilines is 1. The van der Waals surface area contributed by atoms with Crippen LogP contribution in [0, 0.1) is 10.1 Å². The van der Waals surface area contributed by atoms with Gasteiger partial charge in [0.1, 0.15) is 11.5 Å². The number of sulfone groups is 1. The van der Waals surface area contributed by atoms with Crippen molar-refractivity contribution in [3.63, 3.8) is 0 Å². The SMILES string of the molecule is CS(=O)(=O)c1ccc(N2CCCCC2c2nnc3n2CCCC3)c([N+](=O)[O-])c1. The maximum Gasteiger partial charge on any atom is 0.293 e. The van der Waals surface area contributed by atoms with Crippen molar-refractivity contribution in [1.29, 1.82) is 0 Å². The van der Waals surface area contributed by atoms with Gasteiger partial charge in [-0.05, 0) is 44.2 Å². The van der Waals surface area contributed by atoms with Gasteiger partial charge < -0.3 is 9.47 Å². The fraction of sp³-hybridized carbons (Fsp3) is 0.556. The van der Waals surface area contributed by atoms with Crippen LogP contribution >= 0.6 is 0 Å². The van der Waals surface area contributed by atoms with E-state index >= 15 is 0 Å². The number of aryl methyl sites for hydroxylation is 1. The summed E-state index contributed by atoms with van der Waals surface area (Å²) in [6, 6.07) is 4.06. The number of nitro benzene ring substituents is 1. The Labute approximate surface area is 163 Å². The molecule has 0 spiro atoms. The first-order valence-electron chi connectivity index (χ1n) is 9.53. The largest absolute Gasteiger partial charge is 0.356 e. The highest BCUT2D eigenvalue weighted by atomic mass is 32.2. The molecule has 0 saturated carbocycles. The zero-order valence-electron chi connectivity index (χ0n) is 15.7. The van der Waals surface area contributed by atoms with Gasteiger partial charge in [0.2, 0.25) is 0 Å². The summed E-state index contributed by atoms with van der Waals surface area (Å²) in [5.74, 6) is 1.84. The third-order valence-electron chi connectivity index (χ3n) is 5.57. The molecule has 0 radical (unpaired) electrons. The lowest BCUT2D eigenvalue weighted by Gasteiger charge is -2.37. The van der Waals surface area contributed by atoms with E-state index in [-0.39, 0.29) is 16.6 Å². The Morgan fingerprint density at radius 1 is 1.14 bits per heavy atom. The van der Waals surface area contributed by atoms with Crippen molar-refractivity contribution in [2.75, 3.05) is 17.7 Å². The number of piperidine rings is 1. The molecule has 2 aliphatic rings. The molecule has 1 aromatic heterocycles. The summed E-state index contributed by atoms with van der Waals surface area (Å²) in [6.45, 7) is 1.53. The molecule has 1 aromatic carbocycles. The van der Waals surface area contributed by atoms with E-state index in [4.69, 9.17) is 0 Å². The first-order valence-corrected chi connectivity index (χ1v) is 11.4. The van der Waals surface area contributed by atoms with Gasteiger partial charge in [0.05, 0.1) is 15.9 Å². The van der Waals surface area contributed by atoms with Crippen LogP contribution in [0.1, 0.15) is 49.8 Å². The van der Waals surface area contributed by atoms with E-state index in [1.165, 1.54) is 6.07 Å². The molecular formula is C18H23N5O4S. The zero-order chi connectivity index (χ0) is 19.9. The summed E-state index contributed by atoms with van der Waals surface area (Å²) < 4.78 is 25.9. The van der Waals surface area contributed by atoms with Gasteiger partial charge in [-0.3, -0.25) is 10.1 Å². The number of aromatic nitrogens is 3. The summed E-state index contributed by atoms with van der Waals surface area (Å²) in [4.78, 5) is 13.2. The Morgan fingerprint density at radius 3 is 2.68 bits per heavy atom. The number of benzene rings is 1. The van der Waals surface area contributed by atoms with Crippen LogP contribution in [0.5, 0.6) is 0 Å². The molecule has 0 bridgehead atoms. The van der Waals surface area contributed by atoms with Gasteiger partial charge in [0.25, 0.3) is 5.69 Å². The molecule has 0 N–H and O–H groups in total. The van der Waals surface area contributed by atoms with E-state index in [9.17, 15) is 18.5 Å². The van der Waals surface area contributed by atoms with Crippen molar-refractivity contribution in [2.24, 2.45) is 0 Å². The highest BCUT2D eigenvalue weighted by Gasteiger charge is 2.34. The standard InChI is InChI=1S/C18H23N5O4S/c1-28(26,27)13-8-9-14(16(12-13)23(24)25)21-10-4-2-6-15(21)18-20-19-17-7-3-5-11-22(17)18/h8-9,12,15H,2-7,10-11H2,1H3. The van der Waals surface area contributed by atoms with Crippen molar-refractivity contribution in [1.82, 2.24) is 14.8 Å². The number of nitro groups is 1. The average molecular weight is 405 g/mol. The van der Waals surface area contributed by atoms with Gasteiger partial charge >= 0.3 is 0 Å². The summed E-state index contributed by atoms with van der Waals surface area (Å²) in [6.07, 6.45) is 6.91. The topological polar surface area (TPSA) is 111 Å². The van der Waals surface area contributed by atoms with E-state index in [0.29, 0.717) is 12.2 Å². The molecule has 0 amide bonds. The number of fused-ring (bicyclic) bond motifs is 1. The van der Waals surface area contributed by atoms with Crippen molar-refractivity contribution in [2.45, 2.75) is 56.0 Å². The molecule has 1 saturated heterocycles. The first-order chi connectivity index (χ1) is 13.4. The summed E-state index contributed by atoms with van der Waals surface area (Å²) >= 11 is 0. The van der Waals surface area contributed by atoms with E-state index in [1.54, 1.807) is 6.07 Å². The second-order valence-electron chi connectivity index (χ2n) is 7.47. The molecular weight excluding hydrogens is 382 g/mol. The minimum atomic E-state index is -3.52. The van der Waals surface area contributed by atoms with Crippen molar-refractivity contribution in [3.05, 3.63) is 40.0 Å². The lowest BCUT2D eigenvalue weighted by molar-refractivity contribution is -0.384. The third-order valence-corrected chi connectivity index (χ3v) is 6.68. The smallest absolute Gasteiger partial charge is 0.293 e. The van der Waals surface area contributed by atoms with Crippen LogP contribution in [-0.4, -0.2) is 40.9 Å². The Morgan fingerprint density at radius 2 is 1.93 bits per heavy atom. The van der Waals surface area contributed by atoms with Crippen LogP contribution in [0.3, 0.4) is 0 Å². The van der Waals surface area contributed by atoms with Crippen LogP contribution in [0.2, 0.25) is 0 Å². The molecule has 0 aliphatic carbocycles. The number of nitrogens with zero attached hydrogens (tertiary/aromatic N) is 5. The minimum Gasteiger partial charge on any atom is -0.356 e. The maximum absolute atomic E-state index is 11.8. The fourth-order valence-corrected chi connectivity index (χ4v) is 4.83. The van der Waals surface area contributed by atoms with E-state index in [2.05, 4.69) is 14.8 Å². The second-order valence-corrected chi connectivity index (χ2v) is 9.48. The van der Waals surface area contributed by atoms with Crippen LogP contribution < -0.4 is 4.90 Å². The Bertz CT molecular complexity index is 1020. The van der Waals surface area contributed by atoms with Gasteiger partial charge in [-0.1, -0.05) is 0 Å².